The Morgan fingerprint density at radius 2 is 1.75 bits per heavy atom. The molecule has 2 heteroatoms. The van der Waals surface area contributed by atoms with Gasteiger partial charge < -0.3 is 10.2 Å². The van der Waals surface area contributed by atoms with Crippen molar-refractivity contribution < 1.29 is 10.2 Å². The third-order valence-electron chi connectivity index (χ3n) is 4.01. The van der Waals surface area contributed by atoms with Crippen molar-refractivity contribution in [3.63, 3.8) is 0 Å². The second kappa shape index (κ2) is 6.00. The van der Waals surface area contributed by atoms with Crippen LogP contribution in [0.2, 0.25) is 0 Å². The van der Waals surface area contributed by atoms with Crippen LogP contribution < -0.4 is 0 Å². The van der Waals surface area contributed by atoms with Gasteiger partial charge in [0.25, 0.3) is 0 Å². The number of phenolic OH excluding ortho intramolecular Hbond substituents is 2. The highest BCUT2D eigenvalue weighted by Gasteiger charge is 2.30. The number of unbranched alkanes of at least 4 members (excludes halogenated alkanes) is 1. The smallest absolute Gasteiger partial charge is 0.119 e. The van der Waals surface area contributed by atoms with E-state index in [0.717, 1.165) is 30.4 Å². The van der Waals surface area contributed by atoms with Crippen LogP contribution in [0.3, 0.4) is 0 Å². The third kappa shape index (κ3) is 2.79. The van der Waals surface area contributed by atoms with Crippen LogP contribution in [-0.2, 0) is 5.41 Å². The van der Waals surface area contributed by atoms with Gasteiger partial charge in [-0.3, -0.25) is 0 Å². The Labute approximate surface area is 120 Å². The number of hydrogen-bond donors (Lipinski definition) is 2. The van der Waals surface area contributed by atoms with E-state index >= 15 is 0 Å². The summed E-state index contributed by atoms with van der Waals surface area (Å²) < 4.78 is 0. The van der Waals surface area contributed by atoms with E-state index in [1.165, 1.54) is 0 Å². The molecule has 0 amide bonds. The zero-order valence-electron chi connectivity index (χ0n) is 12.1. The molecule has 0 fully saturated rings. The van der Waals surface area contributed by atoms with Crippen LogP contribution in [0.25, 0.3) is 0 Å². The van der Waals surface area contributed by atoms with E-state index in [-0.39, 0.29) is 11.2 Å². The van der Waals surface area contributed by atoms with Gasteiger partial charge in [-0.1, -0.05) is 57.0 Å². The molecule has 1 atom stereocenters. The molecule has 2 nitrogen and oxygen atoms in total. The van der Waals surface area contributed by atoms with E-state index in [1.54, 1.807) is 18.2 Å². The lowest BCUT2D eigenvalue weighted by Crippen LogP contribution is -2.23. The molecule has 0 aliphatic heterocycles. The van der Waals surface area contributed by atoms with Gasteiger partial charge in [-0.15, -0.1) is 0 Å². The first-order chi connectivity index (χ1) is 9.58. The first-order valence-electron chi connectivity index (χ1n) is 7.16. The molecule has 106 valence electrons. The standard InChI is InChI=1S/C18H22O2/c1-3-4-12-18(2,14-8-7-9-15(19)13-14)16-10-5-6-11-17(16)20/h5-11,13,19-20H,3-4,12H2,1-2H3. The lowest BCUT2D eigenvalue weighted by Gasteiger charge is -2.31. The van der Waals surface area contributed by atoms with Gasteiger partial charge in [0.1, 0.15) is 11.5 Å². The summed E-state index contributed by atoms with van der Waals surface area (Å²) in [5.41, 5.74) is 1.66. The molecule has 2 rings (SSSR count). The van der Waals surface area contributed by atoms with Crippen LogP contribution in [0.5, 0.6) is 11.5 Å². The Balaban J connectivity index is 2.53. The third-order valence-corrected chi connectivity index (χ3v) is 4.01. The van der Waals surface area contributed by atoms with Gasteiger partial charge in [0.05, 0.1) is 0 Å². The lowest BCUT2D eigenvalue weighted by molar-refractivity contribution is 0.425. The minimum absolute atomic E-state index is 0.264. The average molecular weight is 270 g/mol. The summed E-state index contributed by atoms with van der Waals surface area (Å²) in [5.74, 6) is 0.579. The van der Waals surface area contributed by atoms with Crippen LogP contribution in [0.15, 0.2) is 48.5 Å². The highest BCUT2D eigenvalue weighted by Crippen LogP contribution is 2.41. The predicted molar refractivity (Wildman–Crippen MR) is 82.2 cm³/mol. The average Bonchev–Trinajstić information content (AvgIpc) is 2.45. The zero-order valence-corrected chi connectivity index (χ0v) is 12.1. The van der Waals surface area contributed by atoms with Crippen molar-refractivity contribution in [1.82, 2.24) is 0 Å². The van der Waals surface area contributed by atoms with Crippen molar-refractivity contribution in [3.05, 3.63) is 59.7 Å². The van der Waals surface area contributed by atoms with Gasteiger partial charge in [-0.05, 0) is 30.2 Å². The topological polar surface area (TPSA) is 40.5 Å². The monoisotopic (exact) mass is 270 g/mol. The molecule has 2 aromatic carbocycles. The van der Waals surface area contributed by atoms with E-state index in [0.29, 0.717) is 5.75 Å². The molecular formula is C18H22O2. The molecule has 0 spiro atoms. The molecule has 0 aromatic heterocycles. The van der Waals surface area contributed by atoms with Gasteiger partial charge >= 0.3 is 0 Å². The maximum absolute atomic E-state index is 10.2. The van der Waals surface area contributed by atoms with Gasteiger partial charge in [0.15, 0.2) is 0 Å². The van der Waals surface area contributed by atoms with Crippen LogP contribution in [0, 0.1) is 0 Å². The molecule has 0 saturated heterocycles. The van der Waals surface area contributed by atoms with Crippen LogP contribution in [0.4, 0.5) is 0 Å². The highest BCUT2D eigenvalue weighted by molar-refractivity contribution is 5.47. The summed E-state index contributed by atoms with van der Waals surface area (Å²) in [5, 5.41) is 20.0. The molecule has 0 radical (unpaired) electrons. The number of para-hydroxylation sites is 1. The van der Waals surface area contributed by atoms with Gasteiger partial charge in [-0.2, -0.15) is 0 Å². The van der Waals surface area contributed by atoms with Crippen LogP contribution >= 0.6 is 0 Å². The fraction of sp³-hybridized carbons (Fsp3) is 0.333. The van der Waals surface area contributed by atoms with Crippen molar-refractivity contribution in [3.8, 4) is 11.5 Å². The summed E-state index contributed by atoms with van der Waals surface area (Å²) >= 11 is 0. The Bertz CT molecular complexity index is 577. The number of rotatable bonds is 5. The fourth-order valence-electron chi connectivity index (χ4n) is 2.75. The number of hydrogen-bond acceptors (Lipinski definition) is 2. The fourth-order valence-corrected chi connectivity index (χ4v) is 2.75. The van der Waals surface area contributed by atoms with Gasteiger partial charge in [0.2, 0.25) is 0 Å². The lowest BCUT2D eigenvalue weighted by atomic mass is 9.72. The molecule has 0 aliphatic carbocycles. The first-order valence-corrected chi connectivity index (χ1v) is 7.16. The minimum Gasteiger partial charge on any atom is -0.508 e. The molecule has 0 heterocycles. The zero-order chi connectivity index (χ0) is 14.6. The maximum Gasteiger partial charge on any atom is 0.119 e. The maximum atomic E-state index is 10.2. The van der Waals surface area contributed by atoms with Crippen molar-refractivity contribution >= 4 is 0 Å². The first kappa shape index (κ1) is 14.4. The summed E-state index contributed by atoms with van der Waals surface area (Å²) in [6, 6.07) is 14.8. The Morgan fingerprint density at radius 1 is 1.00 bits per heavy atom. The molecule has 20 heavy (non-hydrogen) atoms. The molecule has 0 aliphatic rings. The van der Waals surface area contributed by atoms with E-state index in [1.807, 2.05) is 30.3 Å². The van der Waals surface area contributed by atoms with Gasteiger partial charge in [-0.25, -0.2) is 0 Å². The summed E-state index contributed by atoms with van der Waals surface area (Å²) in [4.78, 5) is 0. The van der Waals surface area contributed by atoms with Crippen molar-refractivity contribution in [2.45, 2.75) is 38.5 Å². The molecule has 2 N–H and O–H groups in total. The number of aromatic hydroxyl groups is 2. The Kier molecular flexibility index (Phi) is 4.33. The molecule has 0 saturated carbocycles. The Hall–Kier alpha value is -1.96. The van der Waals surface area contributed by atoms with Gasteiger partial charge in [0, 0.05) is 11.0 Å². The highest BCUT2D eigenvalue weighted by atomic mass is 16.3. The van der Waals surface area contributed by atoms with Crippen LogP contribution in [-0.4, -0.2) is 10.2 Å². The van der Waals surface area contributed by atoms with E-state index in [2.05, 4.69) is 13.8 Å². The minimum atomic E-state index is -0.292. The van der Waals surface area contributed by atoms with E-state index in [4.69, 9.17) is 0 Å². The second-order valence-corrected chi connectivity index (χ2v) is 5.50. The quantitative estimate of drug-likeness (QED) is 0.834. The van der Waals surface area contributed by atoms with E-state index < -0.39 is 0 Å². The molecule has 0 bridgehead atoms. The second-order valence-electron chi connectivity index (χ2n) is 5.50. The summed E-state index contributed by atoms with van der Waals surface area (Å²) in [6.45, 7) is 4.29. The Morgan fingerprint density at radius 3 is 2.40 bits per heavy atom. The normalized spacial score (nSPS) is 13.9. The molecule has 2 aromatic rings. The SMILES string of the molecule is CCCCC(C)(c1cccc(O)c1)c1ccccc1O. The largest absolute Gasteiger partial charge is 0.508 e. The van der Waals surface area contributed by atoms with Crippen LogP contribution in [0.1, 0.15) is 44.2 Å². The molecule has 1 unspecified atom stereocenters. The van der Waals surface area contributed by atoms with Crippen molar-refractivity contribution in [1.29, 1.82) is 0 Å². The number of benzene rings is 2. The summed E-state index contributed by atoms with van der Waals surface area (Å²) in [7, 11) is 0. The van der Waals surface area contributed by atoms with E-state index in [9.17, 15) is 10.2 Å². The predicted octanol–water partition coefficient (Wildman–Crippen LogP) is 4.59. The van der Waals surface area contributed by atoms with Crippen molar-refractivity contribution in [2.24, 2.45) is 0 Å². The summed E-state index contributed by atoms with van der Waals surface area (Å²) in [6.07, 6.45) is 3.10. The van der Waals surface area contributed by atoms with Crippen molar-refractivity contribution in [2.75, 3.05) is 0 Å². The number of phenols is 2. The molecular weight excluding hydrogens is 248 g/mol.